The third-order valence-electron chi connectivity index (χ3n) is 3.65. The number of carbonyl (C=O) groups is 1. The first kappa shape index (κ1) is 20.5. The van der Waals surface area contributed by atoms with Crippen molar-refractivity contribution < 1.29 is 4.79 Å². The van der Waals surface area contributed by atoms with Gasteiger partial charge in [-0.1, -0.05) is 12.2 Å². The van der Waals surface area contributed by atoms with E-state index in [4.69, 9.17) is 0 Å². The Bertz CT molecular complexity index is 583. The number of guanidine groups is 1. The molecule has 1 saturated heterocycles. The van der Waals surface area contributed by atoms with Crippen LogP contribution in [0.2, 0.25) is 0 Å². The molecule has 1 aliphatic rings. The maximum absolute atomic E-state index is 12.5. The number of nitrogens with one attached hydrogen (secondary N) is 1. The van der Waals surface area contributed by atoms with Crippen molar-refractivity contribution >= 4 is 41.5 Å². The number of aromatic nitrogens is 2. The van der Waals surface area contributed by atoms with E-state index in [2.05, 4.69) is 21.5 Å². The quantitative estimate of drug-likeness (QED) is 0.246. The summed E-state index contributed by atoms with van der Waals surface area (Å²) in [6, 6.07) is 0. The normalized spacial score (nSPS) is 15.8. The second kappa shape index (κ2) is 10.3. The lowest BCUT2D eigenvalue weighted by Crippen LogP contribution is -2.55. The Hall–Kier alpha value is -1.58. The summed E-state index contributed by atoms with van der Waals surface area (Å²) in [4.78, 5) is 20.9. The maximum Gasteiger partial charge on any atom is 0.246 e. The highest BCUT2D eigenvalue weighted by atomic mass is 127. The van der Waals surface area contributed by atoms with Gasteiger partial charge < -0.3 is 15.1 Å². The van der Waals surface area contributed by atoms with Gasteiger partial charge in [0.1, 0.15) is 6.54 Å². The van der Waals surface area contributed by atoms with Crippen molar-refractivity contribution in [3.8, 4) is 0 Å². The molecule has 2 heterocycles. The lowest BCUT2D eigenvalue weighted by Gasteiger charge is -2.35. The summed E-state index contributed by atoms with van der Waals surface area (Å²) < 4.78 is 1.71. The van der Waals surface area contributed by atoms with Crippen LogP contribution in [0.25, 0.3) is 0 Å². The number of anilines is 1. The first-order valence-electron chi connectivity index (χ1n) is 8.09. The molecule has 2 rings (SSSR count). The fraction of sp³-hybridized carbons (Fsp3) is 0.562. The summed E-state index contributed by atoms with van der Waals surface area (Å²) in [6.45, 7) is 7.30. The highest BCUT2D eigenvalue weighted by Gasteiger charge is 2.27. The number of aryl methyl sites for hydroxylation is 1. The molecule has 0 atom stereocenters. The number of piperazine rings is 1. The van der Waals surface area contributed by atoms with Crippen molar-refractivity contribution in [1.82, 2.24) is 20.0 Å². The van der Waals surface area contributed by atoms with E-state index in [0.717, 1.165) is 37.7 Å². The van der Waals surface area contributed by atoms with E-state index < -0.39 is 0 Å². The molecule has 0 spiro atoms. The zero-order chi connectivity index (χ0) is 16.7. The fourth-order valence-corrected chi connectivity index (χ4v) is 2.51. The molecule has 0 aliphatic carbocycles. The van der Waals surface area contributed by atoms with Gasteiger partial charge in [-0.15, -0.1) is 24.0 Å². The number of amides is 1. The van der Waals surface area contributed by atoms with Crippen LogP contribution in [0.1, 0.15) is 20.3 Å². The number of hydrogen-bond acceptors (Lipinski definition) is 3. The predicted molar refractivity (Wildman–Crippen MR) is 108 cm³/mol. The van der Waals surface area contributed by atoms with E-state index in [1.165, 1.54) is 0 Å². The van der Waals surface area contributed by atoms with Gasteiger partial charge in [0.05, 0.1) is 11.9 Å². The Balaban J connectivity index is 0.00000288. The molecule has 0 bridgehead atoms. The summed E-state index contributed by atoms with van der Waals surface area (Å²) in [7, 11) is 1.85. The SMILES string of the molecule is C/C=C/CCN=C(NCC)N1CCN(c2cnn(C)c2)C(=O)C1.I. The number of carbonyl (C=O) groups excluding carboxylic acids is 1. The molecule has 7 nitrogen and oxygen atoms in total. The van der Waals surface area contributed by atoms with Crippen LogP contribution in [0.3, 0.4) is 0 Å². The second-order valence-electron chi connectivity index (χ2n) is 5.43. The summed E-state index contributed by atoms with van der Waals surface area (Å²) >= 11 is 0. The van der Waals surface area contributed by atoms with Gasteiger partial charge in [0.2, 0.25) is 5.91 Å². The van der Waals surface area contributed by atoms with E-state index in [-0.39, 0.29) is 29.9 Å². The van der Waals surface area contributed by atoms with Crippen molar-refractivity contribution in [1.29, 1.82) is 0 Å². The Morgan fingerprint density at radius 2 is 2.25 bits per heavy atom. The van der Waals surface area contributed by atoms with Crippen molar-refractivity contribution in [3.05, 3.63) is 24.5 Å². The van der Waals surface area contributed by atoms with Crippen LogP contribution in [0.4, 0.5) is 5.69 Å². The number of aliphatic imine (C=N–C) groups is 1. The molecule has 1 aromatic heterocycles. The van der Waals surface area contributed by atoms with Gasteiger partial charge in [-0.05, 0) is 20.3 Å². The Labute approximate surface area is 160 Å². The average Bonchev–Trinajstić information content (AvgIpc) is 2.96. The number of allylic oxidation sites excluding steroid dienone is 1. The van der Waals surface area contributed by atoms with Crippen LogP contribution in [0.5, 0.6) is 0 Å². The molecule has 24 heavy (non-hydrogen) atoms. The van der Waals surface area contributed by atoms with E-state index in [1.807, 2.05) is 38.1 Å². The smallest absolute Gasteiger partial charge is 0.246 e. The summed E-state index contributed by atoms with van der Waals surface area (Å²) in [6.07, 6.45) is 8.63. The molecule has 8 heteroatoms. The number of halogens is 1. The Morgan fingerprint density at radius 3 is 2.83 bits per heavy atom. The van der Waals surface area contributed by atoms with E-state index >= 15 is 0 Å². The highest BCUT2D eigenvalue weighted by Crippen LogP contribution is 2.16. The maximum atomic E-state index is 12.5. The first-order valence-corrected chi connectivity index (χ1v) is 8.09. The molecular formula is C16H27IN6O. The van der Waals surface area contributed by atoms with Crippen molar-refractivity contribution in [2.75, 3.05) is 37.6 Å². The lowest BCUT2D eigenvalue weighted by molar-refractivity contribution is -0.120. The monoisotopic (exact) mass is 446 g/mol. The number of rotatable bonds is 5. The van der Waals surface area contributed by atoms with Crippen molar-refractivity contribution in [2.24, 2.45) is 12.0 Å². The molecule has 1 aliphatic heterocycles. The van der Waals surface area contributed by atoms with E-state index in [0.29, 0.717) is 13.1 Å². The number of nitrogens with zero attached hydrogens (tertiary/aromatic N) is 5. The van der Waals surface area contributed by atoms with Crippen LogP contribution in [-0.4, -0.2) is 59.3 Å². The van der Waals surface area contributed by atoms with Gasteiger partial charge in [0, 0.05) is 39.4 Å². The van der Waals surface area contributed by atoms with Crippen LogP contribution in [-0.2, 0) is 11.8 Å². The van der Waals surface area contributed by atoms with E-state index in [9.17, 15) is 4.79 Å². The lowest BCUT2D eigenvalue weighted by atomic mass is 10.3. The minimum Gasteiger partial charge on any atom is -0.357 e. The third kappa shape index (κ3) is 5.50. The Kier molecular flexibility index (Phi) is 8.80. The van der Waals surface area contributed by atoms with E-state index in [1.54, 1.807) is 15.8 Å². The fourth-order valence-electron chi connectivity index (χ4n) is 2.51. The number of hydrogen-bond donors (Lipinski definition) is 1. The van der Waals surface area contributed by atoms with Gasteiger partial charge in [-0.3, -0.25) is 14.5 Å². The molecule has 0 aromatic carbocycles. The summed E-state index contributed by atoms with van der Waals surface area (Å²) in [5.41, 5.74) is 0.854. The zero-order valence-corrected chi connectivity index (χ0v) is 16.9. The second-order valence-corrected chi connectivity index (χ2v) is 5.43. The van der Waals surface area contributed by atoms with Crippen LogP contribution in [0.15, 0.2) is 29.5 Å². The van der Waals surface area contributed by atoms with Gasteiger partial charge >= 0.3 is 0 Å². The van der Waals surface area contributed by atoms with Crippen molar-refractivity contribution in [3.63, 3.8) is 0 Å². The molecule has 1 aromatic rings. The molecule has 0 unspecified atom stereocenters. The van der Waals surface area contributed by atoms with Gasteiger partial charge in [0.15, 0.2) is 5.96 Å². The minimum absolute atomic E-state index is 0. The predicted octanol–water partition coefficient (Wildman–Crippen LogP) is 1.62. The summed E-state index contributed by atoms with van der Waals surface area (Å²) in [5, 5.41) is 7.41. The van der Waals surface area contributed by atoms with Gasteiger partial charge in [0.25, 0.3) is 0 Å². The molecule has 1 fully saturated rings. The molecule has 1 N–H and O–H groups in total. The molecule has 1 amide bonds. The van der Waals surface area contributed by atoms with Crippen molar-refractivity contribution in [2.45, 2.75) is 20.3 Å². The minimum atomic E-state index is 0. The van der Waals surface area contributed by atoms with Crippen LogP contribution in [0, 0.1) is 0 Å². The standard InChI is InChI=1S/C16H26N6O.HI/c1-4-6-7-8-18-16(17-5-2)21-9-10-22(15(23)13-21)14-11-19-20(3)12-14;/h4,6,11-12H,5,7-10,13H2,1-3H3,(H,17,18);1H/b6-4+;. The van der Waals surface area contributed by atoms with Crippen LogP contribution < -0.4 is 10.2 Å². The highest BCUT2D eigenvalue weighted by molar-refractivity contribution is 14.0. The molecule has 134 valence electrons. The molecular weight excluding hydrogens is 419 g/mol. The topological polar surface area (TPSA) is 65.8 Å². The average molecular weight is 446 g/mol. The van der Waals surface area contributed by atoms with Gasteiger partial charge in [-0.25, -0.2) is 0 Å². The summed E-state index contributed by atoms with van der Waals surface area (Å²) in [5.74, 6) is 0.888. The third-order valence-corrected chi connectivity index (χ3v) is 3.65. The zero-order valence-electron chi connectivity index (χ0n) is 14.6. The first-order chi connectivity index (χ1) is 11.2. The Morgan fingerprint density at radius 1 is 1.46 bits per heavy atom. The molecule has 0 saturated carbocycles. The van der Waals surface area contributed by atoms with Crippen LogP contribution >= 0.6 is 24.0 Å². The van der Waals surface area contributed by atoms with Gasteiger partial charge in [-0.2, -0.15) is 5.10 Å². The largest absolute Gasteiger partial charge is 0.357 e. The molecule has 0 radical (unpaired) electrons.